The Morgan fingerprint density at radius 2 is 2.14 bits per heavy atom. The van der Waals surface area contributed by atoms with Crippen LogP contribution >= 0.6 is 11.8 Å². The van der Waals surface area contributed by atoms with Crippen molar-refractivity contribution in [2.45, 2.75) is 39.0 Å². The Morgan fingerprint density at radius 3 is 2.79 bits per heavy atom. The molecule has 1 heteroatoms. The van der Waals surface area contributed by atoms with Gasteiger partial charge in [-0.3, -0.25) is 0 Å². The minimum absolute atomic E-state index is 0.964. The molecule has 3 atom stereocenters. The summed E-state index contributed by atoms with van der Waals surface area (Å²) >= 11 is 2.17. The van der Waals surface area contributed by atoms with Gasteiger partial charge in [-0.05, 0) is 54.9 Å². The van der Waals surface area contributed by atoms with Gasteiger partial charge < -0.3 is 0 Å². The van der Waals surface area contributed by atoms with Gasteiger partial charge in [-0.2, -0.15) is 11.8 Å². The highest BCUT2D eigenvalue weighted by Gasteiger charge is 2.34. The Balaban J connectivity index is 1.56. The van der Waals surface area contributed by atoms with Crippen molar-refractivity contribution in [3.8, 4) is 0 Å². The summed E-state index contributed by atoms with van der Waals surface area (Å²) in [6.45, 7) is 2.28. The first-order valence-corrected chi connectivity index (χ1v) is 7.31. The Hall–Kier alpha value is 0.0900. The second-order valence-electron chi connectivity index (χ2n) is 4.79. The summed E-state index contributed by atoms with van der Waals surface area (Å²) < 4.78 is 0. The van der Waals surface area contributed by atoms with Crippen molar-refractivity contribution in [3.63, 3.8) is 0 Å². The van der Waals surface area contributed by atoms with Crippen LogP contribution in [0.1, 0.15) is 39.0 Å². The summed E-state index contributed by atoms with van der Waals surface area (Å²) in [7, 11) is 0. The normalized spacial score (nSPS) is 34.2. The average Bonchev–Trinajstić information content (AvgIpc) is 2.79. The van der Waals surface area contributed by atoms with Gasteiger partial charge >= 0.3 is 0 Å². The van der Waals surface area contributed by atoms with Gasteiger partial charge in [0.1, 0.15) is 0 Å². The number of hydrogen-bond donors (Lipinski definition) is 0. The highest BCUT2D eigenvalue weighted by atomic mass is 32.2. The molecule has 2 aliphatic rings. The fraction of sp³-hybridized carbons (Fsp3) is 0.846. The van der Waals surface area contributed by atoms with Gasteiger partial charge in [-0.15, -0.1) is 0 Å². The molecule has 0 aromatic heterocycles. The van der Waals surface area contributed by atoms with Gasteiger partial charge in [-0.25, -0.2) is 0 Å². The molecule has 0 N–H and O–H groups in total. The van der Waals surface area contributed by atoms with Crippen LogP contribution in [0.15, 0.2) is 12.2 Å². The minimum Gasteiger partial charge on any atom is -0.162 e. The summed E-state index contributed by atoms with van der Waals surface area (Å²) in [5.74, 6) is 5.76. The number of hydrogen-bond acceptors (Lipinski definition) is 1. The fourth-order valence-corrected chi connectivity index (χ4v) is 3.98. The highest BCUT2D eigenvalue weighted by molar-refractivity contribution is 7.99. The van der Waals surface area contributed by atoms with Crippen molar-refractivity contribution in [2.75, 3.05) is 11.5 Å². The maximum absolute atomic E-state index is 2.48. The molecule has 0 heterocycles. The smallest absolute Gasteiger partial charge is 0.00647 e. The Labute approximate surface area is 92.5 Å². The molecule has 0 radical (unpaired) electrons. The third kappa shape index (κ3) is 2.56. The minimum atomic E-state index is 0.964. The topological polar surface area (TPSA) is 0 Å². The predicted molar refractivity (Wildman–Crippen MR) is 65.7 cm³/mol. The van der Waals surface area contributed by atoms with E-state index >= 15 is 0 Å². The molecule has 2 bridgehead atoms. The molecule has 0 aromatic carbocycles. The van der Waals surface area contributed by atoms with Crippen molar-refractivity contribution in [2.24, 2.45) is 17.8 Å². The molecule has 2 rings (SSSR count). The van der Waals surface area contributed by atoms with Gasteiger partial charge in [0.2, 0.25) is 0 Å². The van der Waals surface area contributed by atoms with E-state index in [1.807, 2.05) is 0 Å². The number of allylic oxidation sites excluding steroid dienone is 2. The maximum atomic E-state index is 2.48. The zero-order valence-corrected chi connectivity index (χ0v) is 10.1. The second kappa shape index (κ2) is 5.25. The first-order valence-electron chi connectivity index (χ1n) is 6.16. The molecule has 14 heavy (non-hydrogen) atoms. The molecule has 0 aliphatic heterocycles. The monoisotopic (exact) mass is 210 g/mol. The summed E-state index contributed by atoms with van der Waals surface area (Å²) in [6.07, 6.45) is 12.1. The van der Waals surface area contributed by atoms with E-state index in [-0.39, 0.29) is 0 Å². The Morgan fingerprint density at radius 1 is 1.21 bits per heavy atom. The standard InChI is InChI=1S/C13H22S/c1-2-3-7-14-8-6-13-10-11-4-5-12(13)9-11/h4-5,11-13H,2-3,6-10H2,1H3. The van der Waals surface area contributed by atoms with E-state index in [0.717, 1.165) is 17.8 Å². The lowest BCUT2D eigenvalue weighted by Gasteiger charge is -2.17. The number of thioether (sulfide) groups is 1. The molecule has 2 aliphatic carbocycles. The largest absolute Gasteiger partial charge is 0.162 e. The molecule has 0 nitrogen and oxygen atoms in total. The van der Waals surface area contributed by atoms with Crippen LogP contribution in [-0.4, -0.2) is 11.5 Å². The van der Waals surface area contributed by atoms with E-state index in [1.165, 1.54) is 43.6 Å². The maximum Gasteiger partial charge on any atom is -0.00647 e. The molecule has 0 amide bonds. The summed E-state index contributed by atoms with van der Waals surface area (Å²) in [5.41, 5.74) is 0. The molecule has 3 unspecified atom stereocenters. The molecule has 80 valence electrons. The van der Waals surface area contributed by atoms with Crippen molar-refractivity contribution in [1.29, 1.82) is 0 Å². The Kier molecular flexibility index (Phi) is 3.98. The second-order valence-corrected chi connectivity index (χ2v) is 6.02. The third-order valence-corrected chi connectivity index (χ3v) is 4.79. The van der Waals surface area contributed by atoms with Gasteiger partial charge in [0.25, 0.3) is 0 Å². The van der Waals surface area contributed by atoms with Crippen LogP contribution in [0.5, 0.6) is 0 Å². The van der Waals surface area contributed by atoms with E-state index in [9.17, 15) is 0 Å². The van der Waals surface area contributed by atoms with Crippen molar-refractivity contribution < 1.29 is 0 Å². The first-order chi connectivity index (χ1) is 6.90. The summed E-state index contributed by atoms with van der Waals surface area (Å²) in [5, 5.41) is 0. The molecular formula is C13H22S. The van der Waals surface area contributed by atoms with Crippen molar-refractivity contribution >= 4 is 11.8 Å². The molecule has 0 spiro atoms. The average molecular weight is 210 g/mol. The van der Waals surface area contributed by atoms with Crippen molar-refractivity contribution in [3.05, 3.63) is 12.2 Å². The molecule has 1 fully saturated rings. The first kappa shape index (κ1) is 10.6. The SMILES string of the molecule is CCCCSCCC1CC2C=CC1C2. The number of fused-ring (bicyclic) bond motifs is 2. The van der Waals surface area contributed by atoms with Gasteiger partial charge in [0.05, 0.1) is 0 Å². The van der Waals surface area contributed by atoms with Crippen LogP contribution < -0.4 is 0 Å². The lowest BCUT2D eigenvalue weighted by molar-refractivity contribution is 0.437. The molecule has 0 saturated heterocycles. The van der Waals surface area contributed by atoms with Crippen LogP contribution in [0.25, 0.3) is 0 Å². The molecular weight excluding hydrogens is 188 g/mol. The van der Waals surface area contributed by atoms with Crippen LogP contribution in [0, 0.1) is 17.8 Å². The highest BCUT2D eigenvalue weighted by Crippen LogP contribution is 2.45. The lowest BCUT2D eigenvalue weighted by atomic mass is 9.91. The Bertz CT molecular complexity index is 197. The predicted octanol–water partition coefficient (Wildman–Crippen LogP) is 4.12. The van der Waals surface area contributed by atoms with Crippen LogP contribution in [0.4, 0.5) is 0 Å². The quantitative estimate of drug-likeness (QED) is 0.469. The zero-order valence-electron chi connectivity index (χ0n) is 9.24. The lowest BCUT2D eigenvalue weighted by Crippen LogP contribution is -2.07. The van der Waals surface area contributed by atoms with E-state index in [1.54, 1.807) is 0 Å². The third-order valence-electron chi connectivity index (χ3n) is 3.69. The fourth-order valence-electron chi connectivity index (χ4n) is 2.81. The van der Waals surface area contributed by atoms with Crippen LogP contribution in [-0.2, 0) is 0 Å². The number of rotatable bonds is 6. The summed E-state index contributed by atoms with van der Waals surface area (Å²) in [6, 6.07) is 0. The number of unbranched alkanes of at least 4 members (excludes halogenated alkanes) is 1. The van der Waals surface area contributed by atoms with E-state index < -0.39 is 0 Å². The van der Waals surface area contributed by atoms with Crippen LogP contribution in [0.2, 0.25) is 0 Å². The van der Waals surface area contributed by atoms with Crippen molar-refractivity contribution in [1.82, 2.24) is 0 Å². The zero-order chi connectivity index (χ0) is 9.80. The van der Waals surface area contributed by atoms with E-state index in [2.05, 4.69) is 30.8 Å². The van der Waals surface area contributed by atoms with E-state index in [0.29, 0.717) is 0 Å². The van der Waals surface area contributed by atoms with Gasteiger partial charge in [0, 0.05) is 0 Å². The van der Waals surface area contributed by atoms with Gasteiger partial charge in [-0.1, -0.05) is 25.5 Å². The molecule has 0 aromatic rings. The van der Waals surface area contributed by atoms with E-state index in [4.69, 9.17) is 0 Å². The van der Waals surface area contributed by atoms with Crippen LogP contribution in [0.3, 0.4) is 0 Å². The van der Waals surface area contributed by atoms with Gasteiger partial charge in [0.15, 0.2) is 0 Å². The molecule has 1 saturated carbocycles. The summed E-state index contributed by atoms with van der Waals surface area (Å²) in [4.78, 5) is 0.